The van der Waals surface area contributed by atoms with Crippen LogP contribution in [0.4, 0.5) is 0 Å². The molecule has 52 valence electrons. The average molecular weight is 148 g/mol. The van der Waals surface area contributed by atoms with Gasteiger partial charge in [-0.05, 0) is 0 Å². The van der Waals surface area contributed by atoms with Crippen LogP contribution in [0.5, 0.6) is 0 Å². The molecule has 0 fully saturated rings. The molecule has 1 aliphatic heterocycles. The molecule has 0 aromatic heterocycles. The Bertz CT molecular complexity index is 143. The SMILES string of the molecule is OC[C@H]1SCC(O)=C1O. The van der Waals surface area contributed by atoms with Crippen LogP contribution in [0.3, 0.4) is 0 Å². The molecule has 3 N–H and O–H groups in total. The molecule has 0 bridgehead atoms. The number of thioether (sulfide) groups is 1. The van der Waals surface area contributed by atoms with Crippen molar-refractivity contribution in [3.63, 3.8) is 0 Å². The van der Waals surface area contributed by atoms with E-state index in [-0.39, 0.29) is 23.4 Å². The molecular weight excluding hydrogens is 140 g/mol. The van der Waals surface area contributed by atoms with Gasteiger partial charge in [0.15, 0.2) is 0 Å². The van der Waals surface area contributed by atoms with E-state index in [4.69, 9.17) is 15.3 Å². The van der Waals surface area contributed by atoms with Gasteiger partial charge in [-0.1, -0.05) is 0 Å². The van der Waals surface area contributed by atoms with Gasteiger partial charge in [0.05, 0.1) is 17.6 Å². The molecular formula is C5H8O3S. The second-order valence-electron chi connectivity index (χ2n) is 1.81. The Morgan fingerprint density at radius 1 is 1.56 bits per heavy atom. The quantitative estimate of drug-likeness (QED) is 0.504. The first kappa shape index (κ1) is 6.77. The highest BCUT2D eigenvalue weighted by Gasteiger charge is 2.24. The molecule has 1 aliphatic rings. The van der Waals surface area contributed by atoms with Crippen molar-refractivity contribution in [3.8, 4) is 0 Å². The zero-order valence-corrected chi connectivity index (χ0v) is 5.56. The molecule has 1 rings (SSSR count). The fourth-order valence-corrected chi connectivity index (χ4v) is 1.56. The molecule has 3 nitrogen and oxygen atoms in total. The Morgan fingerprint density at radius 3 is 2.44 bits per heavy atom. The van der Waals surface area contributed by atoms with E-state index in [0.717, 1.165) is 0 Å². The van der Waals surface area contributed by atoms with Crippen LogP contribution < -0.4 is 0 Å². The third-order valence-corrected chi connectivity index (χ3v) is 2.40. The Morgan fingerprint density at radius 2 is 2.22 bits per heavy atom. The van der Waals surface area contributed by atoms with Gasteiger partial charge in [0.1, 0.15) is 11.5 Å². The highest BCUT2D eigenvalue weighted by atomic mass is 32.2. The van der Waals surface area contributed by atoms with Crippen LogP contribution in [0.15, 0.2) is 11.5 Å². The maximum absolute atomic E-state index is 8.91. The van der Waals surface area contributed by atoms with E-state index in [9.17, 15) is 0 Å². The standard InChI is InChI=1S/C5H8O3S/c6-1-4-5(8)3(7)2-9-4/h4,6-8H,1-2H2/t4-/m1/s1. The van der Waals surface area contributed by atoms with E-state index in [1.165, 1.54) is 11.8 Å². The number of hydrogen-bond donors (Lipinski definition) is 3. The van der Waals surface area contributed by atoms with E-state index in [1.54, 1.807) is 0 Å². The Kier molecular flexibility index (Phi) is 1.87. The van der Waals surface area contributed by atoms with Crippen molar-refractivity contribution in [2.24, 2.45) is 0 Å². The van der Waals surface area contributed by atoms with Gasteiger partial charge in [0.2, 0.25) is 0 Å². The lowest BCUT2D eigenvalue weighted by Gasteiger charge is -2.01. The predicted molar refractivity (Wildman–Crippen MR) is 35.6 cm³/mol. The van der Waals surface area contributed by atoms with Crippen LogP contribution in [-0.4, -0.2) is 32.9 Å². The summed E-state index contributed by atoms with van der Waals surface area (Å²) in [6, 6.07) is 0. The first-order valence-corrected chi connectivity index (χ1v) is 3.64. The summed E-state index contributed by atoms with van der Waals surface area (Å²) in [4.78, 5) is 0. The largest absolute Gasteiger partial charge is 0.508 e. The summed E-state index contributed by atoms with van der Waals surface area (Å²) >= 11 is 1.33. The molecule has 1 atom stereocenters. The van der Waals surface area contributed by atoms with Crippen molar-refractivity contribution in [2.45, 2.75) is 5.25 Å². The Hall–Kier alpha value is -0.350. The molecule has 0 aromatic carbocycles. The smallest absolute Gasteiger partial charge is 0.146 e. The first-order chi connectivity index (χ1) is 4.25. The molecule has 0 radical (unpaired) electrons. The summed E-state index contributed by atoms with van der Waals surface area (Å²) in [5.74, 6) is 0.346. The normalized spacial score (nSPS) is 27.4. The minimum Gasteiger partial charge on any atom is -0.508 e. The third kappa shape index (κ3) is 1.14. The highest BCUT2D eigenvalue weighted by molar-refractivity contribution is 8.00. The van der Waals surface area contributed by atoms with Gasteiger partial charge >= 0.3 is 0 Å². The van der Waals surface area contributed by atoms with Crippen molar-refractivity contribution in [2.75, 3.05) is 12.4 Å². The molecule has 0 aliphatic carbocycles. The van der Waals surface area contributed by atoms with Gasteiger partial charge in [0, 0.05) is 0 Å². The Labute approximate surface area is 57.0 Å². The van der Waals surface area contributed by atoms with E-state index >= 15 is 0 Å². The lowest BCUT2D eigenvalue weighted by atomic mass is 10.3. The van der Waals surface area contributed by atoms with Gasteiger partial charge in [-0.25, -0.2) is 0 Å². The summed E-state index contributed by atoms with van der Waals surface area (Å²) in [7, 11) is 0. The molecule has 1 heterocycles. The van der Waals surface area contributed by atoms with E-state index < -0.39 is 0 Å². The molecule has 0 spiro atoms. The zero-order valence-electron chi connectivity index (χ0n) is 4.74. The highest BCUT2D eigenvalue weighted by Crippen LogP contribution is 2.28. The van der Waals surface area contributed by atoms with Gasteiger partial charge < -0.3 is 15.3 Å². The van der Waals surface area contributed by atoms with E-state index in [0.29, 0.717) is 5.75 Å². The average Bonchev–Trinajstić information content (AvgIpc) is 2.15. The minimum absolute atomic E-state index is 0.000880. The fraction of sp³-hybridized carbons (Fsp3) is 0.600. The molecule has 0 amide bonds. The molecule has 9 heavy (non-hydrogen) atoms. The monoisotopic (exact) mass is 148 g/mol. The van der Waals surface area contributed by atoms with Crippen molar-refractivity contribution in [1.29, 1.82) is 0 Å². The molecule has 0 saturated heterocycles. The summed E-state index contributed by atoms with van der Waals surface area (Å²) in [5, 5.41) is 25.9. The van der Waals surface area contributed by atoms with Crippen LogP contribution in [0, 0.1) is 0 Å². The van der Waals surface area contributed by atoms with E-state index in [2.05, 4.69) is 0 Å². The minimum atomic E-state index is -0.301. The van der Waals surface area contributed by atoms with Crippen LogP contribution in [0.25, 0.3) is 0 Å². The lowest BCUT2D eigenvalue weighted by molar-refractivity contribution is 0.262. The van der Waals surface area contributed by atoms with Gasteiger partial charge in [0.25, 0.3) is 0 Å². The maximum Gasteiger partial charge on any atom is 0.146 e. The Balaban J connectivity index is 2.63. The topological polar surface area (TPSA) is 60.7 Å². The van der Waals surface area contributed by atoms with Crippen molar-refractivity contribution in [3.05, 3.63) is 11.5 Å². The summed E-state index contributed by atoms with van der Waals surface area (Å²) in [5.41, 5.74) is 0. The van der Waals surface area contributed by atoms with Gasteiger partial charge in [-0.15, -0.1) is 11.8 Å². The van der Waals surface area contributed by atoms with Crippen LogP contribution in [0.2, 0.25) is 0 Å². The fourth-order valence-electron chi connectivity index (χ4n) is 0.657. The second-order valence-corrected chi connectivity index (χ2v) is 3.01. The van der Waals surface area contributed by atoms with Crippen molar-refractivity contribution in [1.82, 2.24) is 0 Å². The first-order valence-electron chi connectivity index (χ1n) is 2.59. The predicted octanol–water partition coefficient (Wildman–Crippen LogP) is 0.422. The van der Waals surface area contributed by atoms with Gasteiger partial charge in [-0.3, -0.25) is 0 Å². The number of aliphatic hydroxyl groups excluding tert-OH is 3. The van der Waals surface area contributed by atoms with Gasteiger partial charge in [-0.2, -0.15) is 0 Å². The molecule has 0 aromatic rings. The summed E-state index contributed by atoms with van der Waals surface area (Å²) < 4.78 is 0. The number of rotatable bonds is 1. The summed E-state index contributed by atoms with van der Waals surface area (Å²) in [6.07, 6.45) is 0. The second kappa shape index (κ2) is 2.49. The molecule has 0 unspecified atom stereocenters. The number of aliphatic hydroxyl groups is 3. The molecule has 0 saturated carbocycles. The van der Waals surface area contributed by atoms with Crippen LogP contribution >= 0.6 is 11.8 Å². The third-order valence-electron chi connectivity index (χ3n) is 1.19. The van der Waals surface area contributed by atoms with E-state index in [1.807, 2.05) is 0 Å². The number of hydrogen-bond acceptors (Lipinski definition) is 4. The van der Waals surface area contributed by atoms with Crippen LogP contribution in [0.1, 0.15) is 0 Å². The zero-order chi connectivity index (χ0) is 6.85. The maximum atomic E-state index is 8.91. The summed E-state index contributed by atoms with van der Waals surface area (Å²) in [6.45, 7) is -0.111. The molecule has 4 heteroatoms. The lowest BCUT2D eigenvalue weighted by Crippen LogP contribution is -2.07. The van der Waals surface area contributed by atoms with Crippen molar-refractivity contribution >= 4 is 11.8 Å². The van der Waals surface area contributed by atoms with Crippen LogP contribution in [-0.2, 0) is 0 Å². The van der Waals surface area contributed by atoms with Crippen molar-refractivity contribution < 1.29 is 15.3 Å².